The number of carbonyl (C=O) groups excluding carboxylic acids is 2. The van der Waals surface area contributed by atoms with Gasteiger partial charge >= 0.3 is 0 Å². The lowest BCUT2D eigenvalue weighted by molar-refractivity contribution is 0.101. The first-order chi connectivity index (χ1) is 13.1. The molecule has 0 saturated carbocycles. The van der Waals surface area contributed by atoms with E-state index in [1.807, 2.05) is 6.07 Å². The third kappa shape index (κ3) is 4.35. The lowest BCUT2D eigenvalue weighted by atomic mass is 10.1. The number of benzene rings is 2. The van der Waals surface area contributed by atoms with Gasteiger partial charge in [-0.3, -0.25) is 9.59 Å². The molecular weight excluding hydrogens is 340 g/mol. The maximum absolute atomic E-state index is 12.3. The molecule has 2 aromatic carbocycles. The third-order valence-corrected chi connectivity index (χ3v) is 3.89. The van der Waals surface area contributed by atoms with Crippen LogP contribution in [0.2, 0.25) is 0 Å². The molecule has 6 heteroatoms. The molecule has 0 aliphatic rings. The average molecular weight is 356 g/mol. The summed E-state index contributed by atoms with van der Waals surface area (Å²) < 4.78 is 0. The van der Waals surface area contributed by atoms with E-state index in [-0.39, 0.29) is 11.7 Å². The number of para-hydroxylation sites is 1. The van der Waals surface area contributed by atoms with E-state index < -0.39 is 0 Å². The molecule has 132 valence electrons. The van der Waals surface area contributed by atoms with E-state index in [2.05, 4.69) is 15.6 Å². The molecule has 1 aromatic heterocycles. The van der Waals surface area contributed by atoms with Gasteiger partial charge in [-0.25, -0.2) is 4.98 Å². The molecule has 0 aliphatic heterocycles. The van der Waals surface area contributed by atoms with E-state index in [0.29, 0.717) is 28.2 Å². The number of rotatable bonds is 5. The molecule has 6 nitrogen and oxygen atoms in total. The first kappa shape index (κ1) is 17.8. The maximum Gasteiger partial charge on any atom is 0.257 e. The number of nitrogens with zero attached hydrogens (tertiary/aromatic N) is 2. The molecule has 3 aromatic rings. The molecule has 27 heavy (non-hydrogen) atoms. The van der Waals surface area contributed by atoms with Crippen LogP contribution in [0, 0.1) is 11.3 Å². The standard InChI is InChI=1S/C21H16N4O2/c1-14(26)15-6-9-18(10-7-15)24-20-11-8-17(13-23-20)21(27)25-19-5-3-2-4-16(19)12-22/h2-11,13H,1H3,(H,23,24)(H,25,27). The van der Waals surface area contributed by atoms with E-state index >= 15 is 0 Å². The Bertz CT molecular complexity index is 1020. The number of anilines is 3. The molecule has 0 unspecified atom stereocenters. The highest BCUT2D eigenvalue weighted by Crippen LogP contribution is 2.18. The van der Waals surface area contributed by atoms with Crippen LogP contribution in [0.3, 0.4) is 0 Å². The van der Waals surface area contributed by atoms with Gasteiger partial charge in [0.05, 0.1) is 16.8 Å². The van der Waals surface area contributed by atoms with Crippen molar-refractivity contribution in [2.45, 2.75) is 6.92 Å². The second kappa shape index (κ2) is 7.93. The summed E-state index contributed by atoms with van der Waals surface area (Å²) in [5.74, 6) is 0.232. The predicted octanol–water partition coefficient (Wildman–Crippen LogP) is 4.15. The predicted molar refractivity (Wildman–Crippen MR) is 103 cm³/mol. The minimum Gasteiger partial charge on any atom is -0.340 e. The Hall–Kier alpha value is -3.98. The van der Waals surface area contributed by atoms with Crippen molar-refractivity contribution >= 4 is 28.9 Å². The zero-order valence-electron chi connectivity index (χ0n) is 14.6. The van der Waals surface area contributed by atoms with Crippen molar-refractivity contribution in [3.8, 4) is 6.07 Å². The highest BCUT2D eigenvalue weighted by Gasteiger charge is 2.09. The fraction of sp³-hybridized carbons (Fsp3) is 0.0476. The summed E-state index contributed by atoms with van der Waals surface area (Å²) in [6, 6.07) is 19.2. The van der Waals surface area contributed by atoms with Crippen LogP contribution in [0.5, 0.6) is 0 Å². The van der Waals surface area contributed by atoms with E-state index in [0.717, 1.165) is 5.69 Å². The van der Waals surface area contributed by atoms with Gasteiger partial charge < -0.3 is 10.6 Å². The molecule has 0 radical (unpaired) electrons. The largest absolute Gasteiger partial charge is 0.340 e. The van der Waals surface area contributed by atoms with Gasteiger partial charge in [-0.2, -0.15) is 5.26 Å². The monoisotopic (exact) mass is 356 g/mol. The lowest BCUT2D eigenvalue weighted by Gasteiger charge is -2.08. The van der Waals surface area contributed by atoms with Gasteiger partial charge in [-0.1, -0.05) is 12.1 Å². The van der Waals surface area contributed by atoms with Crippen LogP contribution in [0.15, 0.2) is 66.9 Å². The van der Waals surface area contributed by atoms with Crippen molar-refractivity contribution in [1.82, 2.24) is 4.98 Å². The number of ketones is 1. The Morgan fingerprint density at radius 1 is 0.963 bits per heavy atom. The third-order valence-electron chi connectivity index (χ3n) is 3.89. The number of pyridine rings is 1. The van der Waals surface area contributed by atoms with Crippen LogP contribution in [0.4, 0.5) is 17.2 Å². The molecule has 1 amide bonds. The summed E-state index contributed by atoms with van der Waals surface area (Å²) in [5.41, 5.74) is 2.65. The number of Topliss-reactive ketones (excluding diaryl/α,β-unsaturated/α-hetero) is 1. The Morgan fingerprint density at radius 2 is 1.67 bits per heavy atom. The number of aromatic nitrogens is 1. The molecule has 0 aliphatic carbocycles. The normalized spacial score (nSPS) is 9.93. The molecule has 2 N–H and O–H groups in total. The van der Waals surface area contributed by atoms with Gasteiger partial charge in [0.25, 0.3) is 5.91 Å². The van der Waals surface area contributed by atoms with Gasteiger partial charge in [0, 0.05) is 17.4 Å². The highest BCUT2D eigenvalue weighted by atomic mass is 16.1. The molecule has 0 atom stereocenters. The molecule has 3 rings (SSSR count). The van der Waals surface area contributed by atoms with E-state index in [1.54, 1.807) is 60.7 Å². The van der Waals surface area contributed by atoms with E-state index in [9.17, 15) is 9.59 Å². The Kier molecular flexibility index (Phi) is 5.24. The van der Waals surface area contributed by atoms with Crippen molar-refractivity contribution in [2.75, 3.05) is 10.6 Å². The van der Waals surface area contributed by atoms with Crippen LogP contribution < -0.4 is 10.6 Å². The SMILES string of the molecule is CC(=O)c1ccc(Nc2ccc(C(=O)Nc3ccccc3C#N)cn2)cc1. The van der Waals surface area contributed by atoms with Crippen molar-refractivity contribution in [2.24, 2.45) is 0 Å². The summed E-state index contributed by atoms with van der Waals surface area (Å²) in [6.45, 7) is 1.52. The number of hydrogen-bond acceptors (Lipinski definition) is 5. The molecular formula is C21H16N4O2. The van der Waals surface area contributed by atoms with E-state index in [1.165, 1.54) is 13.1 Å². The second-order valence-corrected chi connectivity index (χ2v) is 5.80. The van der Waals surface area contributed by atoms with Crippen molar-refractivity contribution in [3.05, 3.63) is 83.6 Å². The second-order valence-electron chi connectivity index (χ2n) is 5.80. The molecule has 0 bridgehead atoms. The Morgan fingerprint density at radius 3 is 2.30 bits per heavy atom. The van der Waals surface area contributed by atoms with Gasteiger partial charge in [0.1, 0.15) is 11.9 Å². The van der Waals surface area contributed by atoms with Gasteiger partial charge in [-0.15, -0.1) is 0 Å². The lowest BCUT2D eigenvalue weighted by Crippen LogP contribution is -2.13. The first-order valence-electron chi connectivity index (χ1n) is 8.21. The number of amides is 1. The first-order valence-corrected chi connectivity index (χ1v) is 8.21. The maximum atomic E-state index is 12.3. The fourth-order valence-corrected chi connectivity index (χ4v) is 2.42. The number of nitriles is 1. The highest BCUT2D eigenvalue weighted by molar-refractivity contribution is 6.04. The smallest absolute Gasteiger partial charge is 0.257 e. The zero-order valence-corrected chi connectivity index (χ0v) is 14.6. The van der Waals surface area contributed by atoms with Crippen LogP contribution in [0.25, 0.3) is 0 Å². The Balaban J connectivity index is 1.68. The van der Waals surface area contributed by atoms with Crippen molar-refractivity contribution in [3.63, 3.8) is 0 Å². The number of carbonyl (C=O) groups is 2. The molecule has 1 heterocycles. The number of hydrogen-bond donors (Lipinski definition) is 2. The summed E-state index contributed by atoms with van der Waals surface area (Å²) in [5, 5.41) is 14.9. The van der Waals surface area contributed by atoms with Gasteiger partial charge in [0.2, 0.25) is 0 Å². The van der Waals surface area contributed by atoms with Crippen LogP contribution >= 0.6 is 0 Å². The van der Waals surface area contributed by atoms with E-state index in [4.69, 9.17) is 5.26 Å². The summed E-state index contributed by atoms with van der Waals surface area (Å²) >= 11 is 0. The van der Waals surface area contributed by atoms with Crippen molar-refractivity contribution < 1.29 is 9.59 Å². The van der Waals surface area contributed by atoms with Crippen LogP contribution in [0.1, 0.15) is 33.2 Å². The van der Waals surface area contributed by atoms with Crippen LogP contribution in [-0.2, 0) is 0 Å². The van der Waals surface area contributed by atoms with Crippen LogP contribution in [-0.4, -0.2) is 16.7 Å². The molecule has 0 spiro atoms. The molecule has 0 saturated heterocycles. The van der Waals surface area contributed by atoms with Gasteiger partial charge in [-0.05, 0) is 55.5 Å². The molecule has 0 fully saturated rings. The minimum absolute atomic E-state index is 0.00742. The summed E-state index contributed by atoms with van der Waals surface area (Å²) in [4.78, 5) is 27.9. The average Bonchev–Trinajstić information content (AvgIpc) is 2.69. The zero-order chi connectivity index (χ0) is 19.2. The fourth-order valence-electron chi connectivity index (χ4n) is 2.42. The van der Waals surface area contributed by atoms with Gasteiger partial charge in [0.15, 0.2) is 5.78 Å². The number of nitrogens with one attached hydrogen (secondary N) is 2. The Labute approximate surface area is 156 Å². The topological polar surface area (TPSA) is 94.9 Å². The van der Waals surface area contributed by atoms with Crippen molar-refractivity contribution in [1.29, 1.82) is 5.26 Å². The summed E-state index contributed by atoms with van der Waals surface area (Å²) in [7, 11) is 0. The minimum atomic E-state index is -0.345. The quantitative estimate of drug-likeness (QED) is 0.670. The summed E-state index contributed by atoms with van der Waals surface area (Å²) in [6.07, 6.45) is 1.45.